The second-order valence-electron chi connectivity index (χ2n) is 4.51. The van der Waals surface area contributed by atoms with Crippen LogP contribution in [0.5, 0.6) is 0 Å². The first-order valence-electron chi connectivity index (χ1n) is 6.08. The van der Waals surface area contributed by atoms with E-state index in [0.29, 0.717) is 10.3 Å². The summed E-state index contributed by atoms with van der Waals surface area (Å²) in [6.07, 6.45) is 1.73. The number of H-pyrrole nitrogens is 1. The van der Waals surface area contributed by atoms with E-state index < -0.39 is 5.82 Å². The van der Waals surface area contributed by atoms with Gasteiger partial charge in [0.1, 0.15) is 5.82 Å². The Kier molecular flexibility index (Phi) is 3.31. The van der Waals surface area contributed by atoms with Crippen LogP contribution in [-0.2, 0) is 0 Å². The molecule has 3 rings (SSSR count). The molecule has 0 bridgehead atoms. The Labute approximate surface area is 125 Å². The van der Waals surface area contributed by atoms with Crippen LogP contribution < -0.4 is 0 Å². The number of pyridine rings is 1. The van der Waals surface area contributed by atoms with Crippen LogP contribution in [0.4, 0.5) is 4.39 Å². The summed E-state index contributed by atoms with van der Waals surface area (Å²) in [5, 5.41) is 0.0773. The van der Waals surface area contributed by atoms with Crippen LogP contribution in [0, 0.1) is 10.6 Å². The second kappa shape index (κ2) is 5.00. The van der Waals surface area contributed by atoms with Crippen LogP contribution in [0.3, 0.4) is 0 Å². The average molecular weight is 308 g/mol. The van der Waals surface area contributed by atoms with Gasteiger partial charge in [-0.05, 0) is 37.3 Å². The molecule has 1 N–H and O–H groups in total. The van der Waals surface area contributed by atoms with E-state index in [1.54, 1.807) is 12.3 Å². The van der Waals surface area contributed by atoms with Crippen molar-refractivity contribution in [3.05, 3.63) is 57.8 Å². The SMILES string of the molecule is CC(c1ccccn1)n1c(=S)[nH]c2cc(F)c(Cl)cc21. The lowest BCUT2D eigenvalue weighted by atomic mass is 10.2. The average Bonchev–Trinajstić information content (AvgIpc) is 2.75. The van der Waals surface area contributed by atoms with Crippen molar-refractivity contribution >= 4 is 34.9 Å². The van der Waals surface area contributed by atoms with Crippen molar-refractivity contribution in [1.82, 2.24) is 14.5 Å². The van der Waals surface area contributed by atoms with Crippen LogP contribution in [0.1, 0.15) is 18.7 Å². The third-order valence-electron chi connectivity index (χ3n) is 3.26. The number of aromatic amines is 1. The zero-order valence-corrected chi connectivity index (χ0v) is 12.2. The smallest absolute Gasteiger partial charge is 0.178 e. The molecule has 0 amide bonds. The number of nitrogens with zero attached hydrogens (tertiary/aromatic N) is 2. The fourth-order valence-electron chi connectivity index (χ4n) is 2.26. The maximum Gasteiger partial charge on any atom is 0.178 e. The predicted molar refractivity (Wildman–Crippen MR) is 80.1 cm³/mol. The molecule has 6 heteroatoms. The minimum absolute atomic E-state index is 0.0704. The number of rotatable bonds is 2. The highest BCUT2D eigenvalue weighted by Gasteiger charge is 2.15. The zero-order valence-electron chi connectivity index (χ0n) is 10.6. The van der Waals surface area contributed by atoms with E-state index in [4.69, 9.17) is 23.8 Å². The molecule has 0 spiro atoms. The summed E-state index contributed by atoms with van der Waals surface area (Å²) in [5.41, 5.74) is 2.27. The maximum atomic E-state index is 13.5. The number of fused-ring (bicyclic) bond motifs is 1. The molecule has 0 aliphatic rings. The first kappa shape index (κ1) is 13.3. The van der Waals surface area contributed by atoms with Gasteiger partial charge in [-0.3, -0.25) is 4.98 Å². The van der Waals surface area contributed by atoms with E-state index in [0.717, 1.165) is 11.2 Å². The Morgan fingerprint density at radius 2 is 2.20 bits per heavy atom. The lowest BCUT2D eigenvalue weighted by molar-refractivity contribution is 0.625. The molecule has 1 aromatic carbocycles. The van der Waals surface area contributed by atoms with Crippen molar-refractivity contribution < 1.29 is 4.39 Å². The van der Waals surface area contributed by atoms with Crippen molar-refractivity contribution in [3.8, 4) is 0 Å². The van der Waals surface area contributed by atoms with Gasteiger partial charge in [0.25, 0.3) is 0 Å². The van der Waals surface area contributed by atoms with Gasteiger partial charge in [-0.15, -0.1) is 0 Å². The zero-order chi connectivity index (χ0) is 14.3. The number of imidazole rings is 1. The van der Waals surface area contributed by atoms with Gasteiger partial charge in [0.15, 0.2) is 4.77 Å². The highest BCUT2D eigenvalue weighted by molar-refractivity contribution is 7.71. The van der Waals surface area contributed by atoms with Gasteiger partial charge >= 0.3 is 0 Å². The molecule has 0 saturated carbocycles. The summed E-state index contributed by atoms with van der Waals surface area (Å²) in [4.78, 5) is 7.33. The number of hydrogen-bond acceptors (Lipinski definition) is 2. The van der Waals surface area contributed by atoms with E-state index in [1.807, 2.05) is 29.7 Å². The van der Waals surface area contributed by atoms with Crippen molar-refractivity contribution in [1.29, 1.82) is 0 Å². The summed E-state index contributed by atoms with van der Waals surface area (Å²) in [5.74, 6) is -0.465. The summed E-state index contributed by atoms with van der Waals surface area (Å²) in [6, 6.07) is 8.57. The Balaban J connectivity index is 2.24. The van der Waals surface area contributed by atoms with Gasteiger partial charge in [-0.2, -0.15) is 0 Å². The molecule has 0 aliphatic carbocycles. The number of benzene rings is 1. The lowest BCUT2D eigenvalue weighted by Crippen LogP contribution is -2.08. The van der Waals surface area contributed by atoms with Crippen LogP contribution in [0.15, 0.2) is 36.5 Å². The molecule has 0 fully saturated rings. The third-order valence-corrected chi connectivity index (χ3v) is 3.85. The lowest BCUT2D eigenvalue weighted by Gasteiger charge is -2.14. The van der Waals surface area contributed by atoms with E-state index in [-0.39, 0.29) is 11.1 Å². The van der Waals surface area contributed by atoms with Gasteiger partial charge in [-0.25, -0.2) is 4.39 Å². The molecular formula is C14H11ClFN3S. The van der Waals surface area contributed by atoms with E-state index in [9.17, 15) is 4.39 Å². The maximum absolute atomic E-state index is 13.5. The molecule has 20 heavy (non-hydrogen) atoms. The fraction of sp³-hybridized carbons (Fsp3) is 0.143. The minimum Gasteiger partial charge on any atom is -0.330 e. The molecule has 0 aliphatic heterocycles. The molecule has 3 aromatic rings. The predicted octanol–water partition coefficient (Wildman–Crippen LogP) is 4.50. The van der Waals surface area contributed by atoms with E-state index >= 15 is 0 Å². The van der Waals surface area contributed by atoms with Gasteiger partial charge in [-0.1, -0.05) is 17.7 Å². The van der Waals surface area contributed by atoms with Crippen molar-refractivity contribution in [3.63, 3.8) is 0 Å². The topological polar surface area (TPSA) is 33.6 Å². The summed E-state index contributed by atoms with van der Waals surface area (Å²) in [7, 11) is 0. The van der Waals surface area contributed by atoms with E-state index in [2.05, 4.69) is 9.97 Å². The Morgan fingerprint density at radius 1 is 1.40 bits per heavy atom. The molecule has 2 heterocycles. The minimum atomic E-state index is -0.465. The molecule has 1 atom stereocenters. The fourth-order valence-corrected chi connectivity index (χ4v) is 2.78. The highest BCUT2D eigenvalue weighted by Crippen LogP contribution is 2.27. The van der Waals surface area contributed by atoms with Crippen LogP contribution in [0.25, 0.3) is 11.0 Å². The van der Waals surface area contributed by atoms with Crippen molar-refractivity contribution in [2.24, 2.45) is 0 Å². The number of nitrogens with one attached hydrogen (secondary N) is 1. The first-order chi connectivity index (χ1) is 9.58. The molecule has 3 nitrogen and oxygen atoms in total. The number of hydrogen-bond donors (Lipinski definition) is 1. The summed E-state index contributed by atoms with van der Waals surface area (Å²) >= 11 is 11.2. The highest BCUT2D eigenvalue weighted by atomic mass is 35.5. The standard InChI is InChI=1S/C14H11ClFN3S/c1-8(11-4-2-3-5-17-11)19-13-6-9(15)10(16)7-12(13)18-14(19)20/h2-8H,1H3,(H,18,20). The summed E-state index contributed by atoms with van der Waals surface area (Å²) in [6.45, 7) is 1.99. The van der Waals surface area contributed by atoms with E-state index in [1.165, 1.54) is 6.07 Å². The largest absolute Gasteiger partial charge is 0.330 e. The molecule has 1 unspecified atom stereocenters. The third kappa shape index (κ3) is 2.13. The van der Waals surface area contributed by atoms with Gasteiger partial charge < -0.3 is 9.55 Å². The van der Waals surface area contributed by atoms with Gasteiger partial charge in [0, 0.05) is 12.3 Å². The van der Waals surface area contributed by atoms with Crippen molar-refractivity contribution in [2.75, 3.05) is 0 Å². The number of halogens is 2. The van der Waals surface area contributed by atoms with Crippen LogP contribution in [-0.4, -0.2) is 14.5 Å². The molecule has 0 saturated heterocycles. The summed E-state index contributed by atoms with van der Waals surface area (Å²) < 4.78 is 15.9. The van der Waals surface area contributed by atoms with Gasteiger partial charge in [0.05, 0.1) is 27.8 Å². The Hall–Kier alpha value is -1.72. The normalized spacial score (nSPS) is 12.8. The second-order valence-corrected chi connectivity index (χ2v) is 5.31. The van der Waals surface area contributed by atoms with Crippen LogP contribution in [0.2, 0.25) is 5.02 Å². The van der Waals surface area contributed by atoms with Crippen LogP contribution >= 0.6 is 23.8 Å². The molecule has 2 aromatic heterocycles. The molecule has 0 radical (unpaired) electrons. The van der Waals surface area contributed by atoms with Crippen molar-refractivity contribution in [2.45, 2.75) is 13.0 Å². The quantitative estimate of drug-likeness (QED) is 0.707. The Bertz CT molecular complexity index is 826. The molecule has 102 valence electrons. The number of aromatic nitrogens is 3. The Morgan fingerprint density at radius 3 is 2.90 bits per heavy atom. The molecular weight excluding hydrogens is 297 g/mol. The first-order valence-corrected chi connectivity index (χ1v) is 6.86. The monoisotopic (exact) mass is 307 g/mol. The van der Waals surface area contributed by atoms with Gasteiger partial charge in [0.2, 0.25) is 0 Å².